The molecule has 17 heavy (non-hydrogen) atoms. The summed E-state index contributed by atoms with van der Waals surface area (Å²) < 4.78 is 30.8. The monoisotopic (exact) mass is 294 g/mol. The maximum absolute atomic E-state index is 11.9. The van der Waals surface area contributed by atoms with Crippen molar-refractivity contribution in [2.24, 2.45) is 0 Å². The van der Waals surface area contributed by atoms with E-state index in [2.05, 4.69) is 24.4 Å². The van der Waals surface area contributed by atoms with Crippen LogP contribution in [0.1, 0.15) is 11.5 Å². The summed E-state index contributed by atoms with van der Waals surface area (Å²) in [5, 5.41) is 3.49. The van der Waals surface area contributed by atoms with Crippen LogP contribution in [0.3, 0.4) is 0 Å². The fraction of sp³-hybridized carbons (Fsp3) is 0.286. The summed E-state index contributed by atoms with van der Waals surface area (Å²) in [6.45, 7) is 1.53. The zero-order valence-electron chi connectivity index (χ0n) is 8.55. The van der Waals surface area contributed by atoms with Crippen LogP contribution >= 0.6 is 22.9 Å². The third kappa shape index (κ3) is 2.80. The molecule has 92 valence electrons. The number of halogens is 1. The first-order chi connectivity index (χ1) is 7.99. The molecule has 2 heterocycles. The van der Waals surface area contributed by atoms with Gasteiger partial charge in [-0.1, -0.05) is 28.1 Å². The fourth-order valence-corrected chi connectivity index (χ4v) is 3.86. The van der Waals surface area contributed by atoms with Crippen LogP contribution in [0.2, 0.25) is 4.47 Å². The van der Waals surface area contributed by atoms with E-state index in [-0.39, 0.29) is 21.0 Å². The molecule has 0 saturated heterocycles. The zero-order chi connectivity index (χ0) is 12.5. The van der Waals surface area contributed by atoms with Gasteiger partial charge in [0.15, 0.2) is 14.5 Å². The fourth-order valence-electron chi connectivity index (χ4n) is 1.10. The summed E-state index contributed by atoms with van der Waals surface area (Å²) >= 11 is 6.55. The Morgan fingerprint density at radius 3 is 2.88 bits per heavy atom. The minimum Gasteiger partial charge on any atom is -0.343 e. The lowest BCUT2D eigenvalue weighted by molar-refractivity contribution is 0.409. The van der Waals surface area contributed by atoms with E-state index in [1.54, 1.807) is 6.92 Å². The van der Waals surface area contributed by atoms with Gasteiger partial charge in [-0.05, 0) is 6.92 Å². The van der Waals surface area contributed by atoms with Crippen LogP contribution in [0.15, 0.2) is 15.1 Å². The SMILES string of the molecule is Cc1nc(Cl)sc1S(=O)(=O)NCc1ncon1. The molecule has 0 aliphatic carbocycles. The number of nitrogens with one attached hydrogen (secondary N) is 1. The highest BCUT2D eigenvalue weighted by Gasteiger charge is 2.21. The van der Waals surface area contributed by atoms with E-state index in [9.17, 15) is 8.42 Å². The third-order valence-corrected chi connectivity index (χ3v) is 5.07. The molecular formula is C7H7ClN4O3S2. The predicted molar refractivity (Wildman–Crippen MR) is 60.2 cm³/mol. The van der Waals surface area contributed by atoms with Crippen LogP contribution in [0.25, 0.3) is 0 Å². The Morgan fingerprint density at radius 1 is 1.59 bits per heavy atom. The number of rotatable bonds is 4. The molecule has 7 nitrogen and oxygen atoms in total. The van der Waals surface area contributed by atoms with Crippen LogP contribution in [0.5, 0.6) is 0 Å². The van der Waals surface area contributed by atoms with Gasteiger partial charge >= 0.3 is 0 Å². The summed E-state index contributed by atoms with van der Waals surface area (Å²) in [7, 11) is -3.65. The summed E-state index contributed by atoms with van der Waals surface area (Å²) in [6.07, 6.45) is 1.12. The standard InChI is InChI=1S/C7H7ClN4O3S2/c1-4-6(16-7(8)11-4)17(13,14)10-2-5-9-3-15-12-5/h3,10H,2H2,1H3. The second-order valence-corrected chi connectivity index (χ2v) is 6.56. The van der Waals surface area contributed by atoms with Crippen LogP contribution in [-0.4, -0.2) is 23.5 Å². The second kappa shape index (κ2) is 4.69. The number of thiazole rings is 1. The van der Waals surface area contributed by atoms with Crippen molar-refractivity contribution in [1.82, 2.24) is 19.8 Å². The van der Waals surface area contributed by atoms with E-state index in [4.69, 9.17) is 11.6 Å². The number of hydrogen-bond acceptors (Lipinski definition) is 7. The normalized spacial score (nSPS) is 11.9. The van der Waals surface area contributed by atoms with Gasteiger partial charge in [0.2, 0.25) is 6.39 Å². The van der Waals surface area contributed by atoms with Crippen LogP contribution in [-0.2, 0) is 16.6 Å². The Bertz CT molecular complexity index is 607. The van der Waals surface area contributed by atoms with E-state index in [1.165, 1.54) is 0 Å². The minimum atomic E-state index is -3.65. The van der Waals surface area contributed by atoms with Gasteiger partial charge in [-0.15, -0.1) is 0 Å². The molecule has 0 aliphatic rings. The van der Waals surface area contributed by atoms with Gasteiger partial charge in [0, 0.05) is 0 Å². The predicted octanol–water partition coefficient (Wildman–Crippen LogP) is 0.966. The first-order valence-electron chi connectivity index (χ1n) is 4.37. The molecule has 0 unspecified atom stereocenters. The molecule has 10 heteroatoms. The molecule has 0 spiro atoms. The summed E-state index contributed by atoms with van der Waals surface area (Å²) in [6, 6.07) is 0. The highest BCUT2D eigenvalue weighted by Crippen LogP contribution is 2.26. The first-order valence-corrected chi connectivity index (χ1v) is 7.04. The quantitative estimate of drug-likeness (QED) is 0.902. The summed E-state index contributed by atoms with van der Waals surface area (Å²) in [5.74, 6) is 0.252. The molecule has 0 amide bonds. The molecule has 2 aromatic heterocycles. The molecule has 0 saturated carbocycles. The Balaban J connectivity index is 2.17. The maximum atomic E-state index is 11.9. The average molecular weight is 295 g/mol. The number of hydrogen-bond donors (Lipinski definition) is 1. The van der Waals surface area contributed by atoms with Crippen molar-refractivity contribution in [2.45, 2.75) is 17.7 Å². The molecule has 2 rings (SSSR count). The van der Waals surface area contributed by atoms with Crippen LogP contribution in [0, 0.1) is 6.92 Å². The number of aromatic nitrogens is 3. The molecular weight excluding hydrogens is 288 g/mol. The Kier molecular flexibility index (Phi) is 3.43. The van der Waals surface area contributed by atoms with Crippen LogP contribution in [0.4, 0.5) is 0 Å². The number of nitrogens with zero attached hydrogens (tertiary/aromatic N) is 3. The van der Waals surface area contributed by atoms with Gasteiger partial charge < -0.3 is 4.52 Å². The molecule has 0 aromatic carbocycles. The lowest BCUT2D eigenvalue weighted by atomic mass is 10.6. The van der Waals surface area contributed by atoms with E-state index >= 15 is 0 Å². The highest BCUT2D eigenvalue weighted by molar-refractivity contribution is 7.91. The number of sulfonamides is 1. The molecule has 0 fully saturated rings. The van der Waals surface area contributed by atoms with Gasteiger partial charge in [-0.3, -0.25) is 0 Å². The topological polar surface area (TPSA) is 98.0 Å². The first kappa shape index (κ1) is 12.4. The van der Waals surface area contributed by atoms with Gasteiger partial charge in [-0.2, -0.15) is 4.98 Å². The summed E-state index contributed by atoms with van der Waals surface area (Å²) in [4.78, 5) is 7.53. The zero-order valence-corrected chi connectivity index (χ0v) is 10.9. The average Bonchev–Trinajstić information content (AvgIpc) is 2.85. The van der Waals surface area contributed by atoms with Gasteiger partial charge in [0.05, 0.1) is 12.2 Å². The van der Waals surface area contributed by atoms with E-state index in [0.717, 1.165) is 17.7 Å². The minimum absolute atomic E-state index is 0.0478. The van der Waals surface area contributed by atoms with Crippen molar-refractivity contribution in [3.63, 3.8) is 0 Å². The van der Waals surface area contributed by atoms with Crippen LogP contribution < -0.4 is 4.72 Å². The smallest absolute Gasteiger partial charge is 0.252 e. The molecule has 1 N–H and O–H groups in total. The van der Waals surface area contributed by atoms with Gasteiger partial charge in [0.1, 0.15) is 0 Å². The Hall–Kier alpha value is -1.03. The van der Waals surface area contributed by atoms with Gasteiger partial charge in [-0.25, -0.2) is 18.1 Å². The molecule has 0 aliphatic heterocycles. The lowest BCUT2D eigenvalue weighted by Gasteiger charge is -2.01. The Labute approximate surface area is 106 Å². The third-order valence-electron chi connectivity index (χ3n) is 1.80. The molecule has 0 atom stereocenters. The maximum Gasteiger partial charge on any atom is 0.252 e. The molecule has 2 aromatic rings. The molecule has 0 radical (unpaired) electrons. The van der Waals surface area contributed by atoms with E-state index < -0.39 is 10.0 Å². The largest absolute Gasteiger partial charge is 0.343 e. The van der Waals surface area contributed by atoms with Crippen molar-refractivity contribution in [3.05, 3.63) is 22.4 Å². The summed E-state index contributed by atoms with van der Waals surface area (Å²) in [5.41, 5.74) is 0.362. The second-order valence-electron chi connectivity index (χ2n) is 3.01. The lowest BCUT2D eigenvalue weighted by Crippen LogP contribution is -2.23. The Morgan fingerprint density at radius 2 is 2.35 bits per heavy atom. The van der Waals surface area contributed by atoms with E-state index in [1.807, 2.05) is 0 Å². The highest BCUT2D eigenvalue weighted by atomic mass is 35.5. The van der Waals surface area contributed by atoms with Crippen molar-refractivity contribution in [3.8, 4) is 0 Å². The van der Waals surface area contributed by atoms with Gasteiger partial charge in [0.25, 0.3) is 10.0 Å². The molecule has 0 bridgehead atoms. The van der Waals surface area contributed by atoms with Crippen molar-refractivity contribution < 1.29 is 12.9 Å². The van der Waals surface area contributed by atoms with Crippen molar-refractivity contribution >= 4 is 33.0 Å². The number of aryl methyl sites for hydroxylation is 1. The van der Waals surface area contributed by atoms with E-state index in [0.29, 0.717) is 5.69 Å². The van der Waals surface area contributed by atoms with Crippen molar-refractivity contribution in [2.75, 3.05) is 0 Å². The van der Waals surface area contributed by atoms with Crippen molar-refractivity contribution in [1.29, 1.82) is 0 Å².